The fourth-order valence-electron chi connectivity index (χ4n) is 11.6. The number of ether oxygens (including phenoxy) is 4. The third-order valence-corrected chi connectivity index (χ3v) is 17.3. The summed E-state index contributed by atoms with van der Waals surface area (Å²) in [6.07, 6.45) is 3.31. The number of primary sulfonamides is 1. The molecule has 22 heteroatoms. The van der Waals surface area contributed by atoms with Gasteiger partial charge in [0.25, 0.3) is 11.7 Å². The number of carbonyl (C=O) groups is 4. The highest BCUT2D eigenvalue weighted by molar-refractivity contribution is 7.89. The van der Waals surface area contributed by atoms with Gasteiger partial charge in [-0.05, 0) is 38.0 Å². The molecule has 2 saturated heterocycles. The summed E-state index contributed by atoms with van der Waals surface area (Å²) in [5.74, 6) is -8.52. The zero-order chi connectivity index (χ0) is 57.6. The lowest BCUT2D eigenvalue weighted by atomic mass is 9.78. The van der Waals surface area contributed by atoms with E-state index in [2.05, 4.69) is 29.1 Å². The summed E-state index contributed by atoms with van der Waals surface area (Å²) in [6.45, 7) is 18.7. The monoisotopic (exact) mass is 1110 g/mol. The minimum absolute atomic E-state index is 0.000328. The number of sulfonamides is 1. The van der Waals surface area contributed by atoms with E-state index in [0.29, 0.717) is 37.5 Å². The number of fused-ring (bicyclic) bond motifs is 13. The van der Waals surface area contributed by atoms with Crippen molar-refractivity contribution in [1.82, 2.24) is 9.80 Å². The lowest BCUT2D eigenvalue weighted by molar-refractivity contribution is -0.165. The Hall–Kier alpha value is -6.43. The molecule has 79 heavy (non-hydrogen) atoms. The molecule has 0 unspecified atom stereocenters. The zero-order valence-corrected chi connectivity index (χ0v) is 47.4. The predicted molar refractivity (Wildman–Crippen MR) is 293 cm³/mol. The Balaban J connectivity index is 1.13. The molecule has 9 rings (SSSR count). The quantitative estimate of drug-likeness (QED) is 0.105. The summed E-state index contributed by atoms with van der Waals surface area (Å²) < 4.78 is 49.3. The van der Waals surface area contributed by atoms with Gasteiger partial charge in [-0.3, -0.25) is 24.2 Å². The first-order valence-electron chi connectivity index (χ1n) is 26.9. The normalized spacial score (nSPS) is 29.3. The number of piperidine rings is 1. The number of Topliss-reactive ketones (excluding diaryl/α,β-unsaturated/α-hetero) is 1. The molecule has 1 spiro atoms. The average molecular weight is 1110 g/mol. The van der Waals surface area contributed by atoms with Crippen LogP contribution >= 0.6 is 0 Å². The van der Waals surface area contributed by atoms with Gasteiger partial charge in [-0.25, -0.2) is 18.5 Å². The van der Waals surface area contributed by atoms with Gasteiger partial charge >= 0.3 is 11.8 Å². The Labute approximate surface area is 460 Å². The summed E-state index contributed by atoms with van der Waals surface area (Å²) in [6, 6.07) is 6.31. The highest BCUT2D eigenvalue weighted by Crippen LogP contribution is 2.51. The third-order valence-electron chi connectivity index (χ3n) is 16.3. The molecule has 6 heterocycles. The number of hydrogen-bond acceptors (Lipinski definition) is 18. The minimum Gasteiger partial charge on any atom is -0.507 e. The number of aliphatic hydroxyl groups excluding tert-OH is 2. The van der Waals surface area contributed by atoms with Crippen LogP contribution in [0.2, 0.25) is 0 Å². The fraction of sp³-hybridized carbons (Fsp3) is 0.544. The number of para-hydroxylation sites is 1. The molecule has 2 fully saturated rings. The Morgan fingerprint density at radius 2 is 1.58 bits per heavy atom. The van der Waals surface area contributed by atoms with Crippen molar-refractivity contribution in [2.45, 2.75) is 122 Å². The van der Waals surface area contributed by atoms with Crippen LogP contribution in [0.15, 0.2) is 75.3 Å². The average Bonchev–Trinajstić information content (AvgIpc) is 4.01. The van der Waals surface area contributed by atoms with E-state index < -0.39 is 111 Å². The molecule has 6 aliphatic heterocycles. The number of piperazine rings is 1. The number of allylic oxidation sites excluding steroid dienone is 2. The number of ketones is 1. The third kappa shape index (κ3) is 11.6. The smallest absolute Gasteiger partial charge is 0.315 e. The van der Waals surface area contributed by atoms with Crippen molar-refractivity contribution in [2.75, 3.05) is 63.1 Å². The first-order chi connectivity index (χ1) is 37.2. The number of nitrogens with zero attached hydrogens (tertiary/aromatic N) is 5. The molecule has 6 aliphatic rings. The van der Waals surface area contributed by atoms with Gasteiger partial charge in [0.05, 0.1) is 46.9 Å². The number of amides is 2. The SMILES string of the molecule is CO[C@H]1/C=C/O[C@@]2(C)Oc3c(C)c(O)c4c(O)c(c5c(c4c3C2=O)NC2(CCN(CC(C)C)CC2)N=5)=NC(=O)/C(C)=C\C=C\[C@H](C)[C@H](O)[C@@H](C)[C@@H](O)[C@@H](C)[C@H](OC(=O)CC(=O)N2CCN(c3ccccc3S(N)(=O)=O)CC2)[C@@H]1C. The highest BCUT2D eigenvalue weighted by Gasteiger charge is 2.51. The summed E-state index contributed by atoms with van der Waals surface area (Å²) in [4.78, 5) is 71.9. The number of nitrogens with one attached hydrogen (secondary N) is 1. The Kier molecular flexibility index (Phi) is 17.1. The molecule has 0 radical (unpaired) electrons. The maximum atomic E-state index is 15.0. The van der Waals surface area contributed by atoms with Crippen molar-refractivity contribution < 1.29 is 67.0 Å². The maximum Gasteiger partial charge on any atom is 0.315 e. The van der Waals surface area contributed by atoms with Crippen LogP contribution in [0.4, 0.5) is 11.4 Å². The number of likely N-dealkylation sites (tertiary alicyclic amines) is 1. The molecule has 0 aliphatic carbocycles. The number of rotatable bonds is 8. The number of benzene rings is 3. The van der Waals surface area contributed by atoms with Crippen LogP contribution in [0.5, 0.6) is 17.2 Å². The van der Waals surface area contributed by atoms with E-state index in [1.807, 2.05) is 0 Å². The number of esters is 1. The zero-order valence-electron chi connectivity index (χ0n) is 46.6. The van der Waals surface area contributed by atoms with Gasteiger partial charge in [0, 0.05) is 113 Å². The Morgan fingerprint density at radius 1 is 0.911 bits per heavy atom. The summed E-state index contributed by atoms with van der Waals surface area (Å²) in [7, 11) is -2.62. The molecule has 9 atom stereocenters. The van der Waals surface area contributed by atoms with Crippen LogP contribution in [-0.4, -0.2) is 151 Å². The molecule has 428 valence electrons. The van der Waals surface area contributed by atoms with Crippen LogP contribution in [0.1, 0.15) is 90.6 Å². The number of nitrogens with two attached hydrogens (primary N) is 1. The molecule has 2 amide bonds. The van der Waals surface area contributed by atoms with Crippen LogP contribution in [-0.2, 0) is 38.6 Å². The van der Waals surface area contributed by atoms with Crippen molar-refractivity contribution >= 4 is 55.7 Å². The van der Waals surface area contributed by atoms with E-state index >= 15 is 0 Å². The molecule has 21 nitrogen and oxygen atoms in total. The van der Waals surface area contributed by atoms with E-state index in [-0.39, 0.29) is 80.7 Å². The number of aliphatic hydroxyl groups is 2. The highest BCUT2D eigenvalue weighted by atomic mass is 32.2. The van der Waals surface area contributed by atoms with Crippen molar-refractivity contribution in [1.29, 1.82) is 0 Å². The van der Waals surface area contributed by atoms with E-state index in [1.165, 1.54) is 50.3 Å². The number of hydrogen-bond donors (Lipinski definition) is 6. The van der Waals surface area contributed by atoms with Gasteiger partial charge in [-0.15, -0.1) is 0 Å². The van der Waals surface area contributed by atoms with Crippen LogP contribution < -0.4 is 30.8 Å². The molecule has 3 aromatic carbocycles. The van der Waals surface area contributed by atoms with Crippen molar-refractivity contribution in [2.24, 2.45) is 44.7 Å². The lowest BCUT2D eigenvalue weighted by Crippen LogP contribution is -2.50. The maximum absolute atomic E-state index is 15.0. The Bertz CT molecular complexity index is 3240. The number of methoxy groups -OCH3 is 1. The minimum atomic E-state index is -4.03. The number of phenols is 2. The second-order valence-corrected chi connectivity index (χ2v) is 23.9. The molecule has 0 saturated carbocycles. The van der Waals surface area contributed by atoms with Gasteiger partial charge in [-0.1, -0.05) is 71.9 Å². The van der Waals surface area contributed by atoms with Crippen LogP contribution in [0.3, 0.4) is 0 Å². The Morgan fingerprint density at radius 3 is 2.23 bits per heavy atom. The molecule has 3 aromatic rings. The molecule has 5 bridgehead atoms. The summed E-state index contributed by atoms with van der Waals surface area (Å²) in [5, 5.41) is 56.9. The van der Waals surface area contributed by atoms with Crippen molar-refractivity contribution in [3.8, 4) is 17.2 Å². The first-order valence-corrected chi connectivity index (χ1v) is 28.5. The standard InChI is InChI=1S/C57H75N7O14S/c1-30(2)29-62-21-19-57(20-22-62)60-45-42-43-50(69)36(8)53-44(42)54(71)56(9,78-53)76-27-18-38(75-10)33(5)52(77-41(66)28-40(65)64-25-23-63(24-26-64)37-16-11-12-17-39(37)79(58,73)74)35(7)49(68)34(6)48(67)31(3)14-13-15-32(4)55(72)59-47(51(43)70)46(45)61-57/h11-18,27,30-31,33-35,38,48-49,52,60,67-70H,19-26,28-29H2,1-10H3,(H2,58,73,74)/b14-13+,27-18+,32-15-,59-47?/t31-,33+,34+,35+,38-,48-,49+,52+,56-/m0/s1. The second kappa shape index (κ2) is 23.0. The van der Waals surface area contributed by atoms with Crippen molar-refractivity contribution in [3.63, 3.8) is 0 Å². The first kappa shape index (κ1) is 58.7. The van der Waals surface area contributed by atoms with Gasteiger partial charge in [0.1, 0.15) is 45.3 Å². The lowest BCUT2D eigenvalue weighted by Gasteiger charge is -2.38. The molecule has 0 aromatic heterocycles. The number of aromatic hydroxyl groups is 2. The molecule has 7 N–H and O–H groups in total. The fourth-order valence-corrected chi connectivity index (χ4v) is 12.4. The van der Waals surface area contributed by atoms with Gasteiger partial charge in [0.15, 0.2) is 5.75 Å². The van der Waals surface area contributed by atoms with E-state index in [1.54, 1.807) is 69.9 Å². The van der Waals surface area contributed by atoms with Crippen LogP contribution in [0.25, 0.3) is 10.8 Å². The number of carbonyl (C=O) groups excluding carboxylic acids is 4. The topological polar surface area (TPSA) is 293 Å². The van der Waals surface area contributed by atoms with Crippen LogP contribution in [0, 0.1) is 36.5 Å². The van der Waals surface area contributed by atoms with E-state index in [9.17, 15) is 48.0 Å². The molecular formula is C57H75N7O14S. The predicted octanol–water partition coefficient (Wildman–Crippen LogP) is 4.12. The van der Waals surface area contributed by atoms with Gasteiger partial charge < -0.3 is 59.4 Å². The second-order valence-electron chi connectivity index (χ2n) is 22.4. The summed E-state index contributed by atoms with van der Waals surface area (Å²) >= 11 is 0. The van der Waals surface area contributed by atoms with E-state index in [4.69, 9.17) is 29.1 Å². The van der Waals surface area contributed by atoms with Crippen molar-refractivity contribution in [3.05, 3.63) is 82.2 Å². The largest absolute Gasteiger partial charge is 0.507 e. The number of anilines is 2. The van der Waals surface area contributed by atoms with Gasteiger partial charge in [0.2, 0.25) is 15.9 Å². The van der Waals surface area contributed by atoms with E-state index in [0.717, 1.165) is 6.54 Å². The van der Waals surface area contributed by atoms with Gasteiger partial charge in [-0.2, -0.15) is 0 Å². The number of phenolic OH excluding ortho intramolecular Hbond substituents is 2. The summed E-state index contributed by atoms with van der Waals surface area (Å²) in [5.41, 5.74) is 0.0426. The molecular weight excluding hydrogens is 1040 g/mol.